The predicted octanol–water partition coefficient (Wildman–Crippen LogP) is 3.56. The molecule has 1 fully saturated rings. The summed E-state index contributed by atoms with van der Waals surface area (Å²) in [6.45, 7) is 2.52. The van der Waals surface area contributed by atoms with E-state index in [2.05, 4.69) is 35.2 Å². The largest absolute Gasteiger partial charge is 0.401 e. The van der Waals surface area contributed by atoms with Crippen molar-refractivity contribution in [2.24, 2.45) is 0 Å². The van der Waals surface area contributed by atoms with Gasteiger partial charge < -0.3 is 4.90 Å². The van der Waals surface area contributed by atoms with E-state index in [9.17, 15) is 13.2 Å². The van der Waals surface area contributed by atoms with Gasteiger partial charge in [0.1, 0.15) is 0 Å². The Bertz CT molecular complexity index is 641. The van der Waals surface area contributed by atoms with Crippen LogP contribution in [0.2, 0.25) is 0 Å². The highest BCUT2D eigenvalue weighted by Crippen LogP contribution is 2.20. The average molecular weight is 322 g/mol. The minimum atomic E-state index is -4.09. The Hall–Kier alpha value is -1.59. The number of halogens is 3. The first-order chi connectivity index (χ1) is 11.0. The van der Waals surface area contributed by atoms with Crippen molar-refractivity contribution in [1.82, 2.24) is 9.80 Å². The molecule has 2 aromatic carbocycles. The van der Waals surface area contributed by atoms with E-state index in [0.29, 0.717) is 26.2 Å². The molecule has 0 aliphatic carbocycles. The highest BCUT2D eigenvalue weighted by molar-refractivity contribution is 5.85. The molecule has 0 saturated carbocycles. The third-order valence-corrected chi connectivity index (χ3v) is 4.45. The lowest BCUT2D eigenvalue weighted by atomic mass is 10.0. The molecule has 2 aromatic rings. The lowest BCUT2D eigenvalue weighted by molar-refractivity contribution is -0.149. The van der Waals surface area contributed by atoms with Gasteiger partial charge in [0.25, 0.3) is 0 Å². The zero-order valence-corrected chi connectivity index (χ0v) is 13.0. The van der Waals surface area contributed by atoms with Crippen molar-refractivity contribution in [3.63, 3.8) is 0 Å². The van der Waals surface area contributed by atoms with Crippen LogP contribution in [-0.2, 0) is 6.42 Å². The van der Waals surface area contributed by atoms with Crippen molar-refractivity contribution in [2.45, 2.75) is 12.6 Å². The lowest BCUT2D eigenvalue weighted by Crippen LogP contribution is -2.49. The molecule has 1 saturated heterocycles. The maximum Gasteiger partial charge on any atom is 0.401 e. The van der Waals surface area contributed by atoms with E-state index < -0.39 is 12.7 Å². The van der Waals surface area contributed by atoms with Gasteiger partial charge in [-0.05, 0) is 22.8 Å². The summed E-state index contributed by atoms with van der Waals surface area (Å²) in [6, 6.07) is 14.6. The van der Waals surface area contributed by atoms with Gasteiger partial charge in [-0.3, -0.25) is 4.90 Å². The number of hydrogen-bond acceptors (Lipinski definition) is 2. The van der Waals surface area contributed by atoms with Gasteiger partial charge in [-0.15, -0.1) is 0 Å². The molecule has 0 N–H and O–H groups in total. The molecule has 1 aliphatic heterocycles. The predicted molar refractivity (Wildman–Crippen MR) is 86.6 cm³/mol. The van der Waals surface area contributed by atoms with Gasteiger partial charge in [0.05, 0.1) is 6.54 Å². The lowest BCUT2D eigenvalue weighted by Gasteiger charge is -2.35. The summed E-state index contributed by atoms with van der Waals surface area (Å²) < 4.78 is 37.2. The first-order valence-electron chi connectivity index (χ1n) is 7.99. The molecule has 0 unspecified atom stereocenters. The molecule has 2 nitrogen and oxygen atoms in total. The second kappa shape index (κ2) is 6.89. The second-order valence-corrected chi connectivity index (χ2v) is 6.12. The summed E-state index contributed by atoms with van der Waals surface area (Å²) in [5.74, 6) is 0. The van der Waals surface area contributed by atoms with E-state index in [1.165, 1.54) is 21.2 Å². The number of piperazine rings is 1. The minimum absolute atomic E-state index is 0.495. The molecule has 1 aliphatic rings. The molecule has 0 spiro atoms. The van der Waals surface area contributed by atoms with E-state index >= 15 is 0 Å². The van der Waals surface area contributed by atoms with Crippen molar-refractivity contribution >= 4 is 10.8 Å². The van der Waals surface area contributed by atoms with Crippen LogP contribution in [-0.4, -0.2) is 55.2 Å². The Morgan fingerprint density at radius 2 is 1.48 bits per heavy atom. The van der Waals surface area contributed by atoms with Crippen LogP contribution in [0.25, 0.3) is 10.8 Å². The quantitative estimate of drug-likeness (QED) is 0.849. The highest BCUT2D eigenvalue weighted by Gasteiger charge is 2.31. The third-order valence-electron chi connectivity index (χ3n) is 4.45. The van der Waals surface area contributed by atoms with Gasteiger partial charge in [-0.2, -0.15) is 13.2 Å². The van der Waals surface area contributed by atoms with Crippen molar-refractivity contribution in [3.8, 4) is 0 Å². The number of benzene rings is 2. The monoisotopic (exact) mass is 322 g/mol. The van der Waals surface area contributed by atoms with Crippen LogP contribution in [0.3, 0.4) is 0 Å². The average Bonchev–Trinajstić information content (AvgIpc) is 2.53. The molecule has 124 valence electrons. The SMILES string of the molecule is FC(F)(F)CN1CCN(CCc2cccc3ccccc23)CC1. The van der Waals surface area contributed by atoms with Gasteiger partial charge in [-0.1, -0.05) is 42.5 Å². The van der Waals surface area contributed by atoms with Crippen LogP contribution in [0, 0.1) is 0 Å². The van der Waals surface area contributed by atoms with Gasteiger partial charge >= 0.3 is 6.18 Å². The van der Waals surface area contributed by atoms with Gasteiger partial charge in [-0.25, -0.2) is 0 Å². The third kappa shape index (κ3) is 4.45. The molecule has 0 amide bonds. The Kier molecular flexibility index (Phi) is 4.87. The van der Waals surface area contributed by atoms with Crippen LogP contribution in [0.4, 0.5) is 13.2 Å². The van der Waals surface area contributed by atoms with Crippen molar-refractivity contribution < 1.29 is 13.2 Å². The Labute approximate surface area is 134 Å². The second-order valence-electron chi connectivity index (χ2n) is 6.12. The smallest absolute Gasteiger partial charge is 0.300 e. The molecule has 5 heteroatoms. The number of nitrogens with zero attached hydrogens (tertiary/aromatic N) is 2. The summed E-state index contributed by atoms with van der Waals surface area (Å²) in [6.07, 6.45) is -3.16. The van der Waals surface area contributed by atoms with Crippen molar-refractivity contribution in [1.29, 1.82) is 0 Å². The zero-order valence-electron chi connectivity index (χ0n) is 13.0. The van der Waals surface area contributed by atoms with Crippen LogP contribution in [0.5, 0.6) is 0 Å². The molecule has 23 heavy (non-hydrogen) atoms. The Morgan fingerprint density at radius 1 is 0.826 bits per heavy atom. The van der Waals surface area contributed by atoms with E-state index in [4.69, 9.17) is 0 Å². The normalized spacial score (nSPS) is 17.7. The molecular formula is C18H21F3N2. The molecule has 0 aromatic heterocycles. The summed E-state index contributed by atoms with van der Waals surface area (Å²) in [4.78, 5) is 3.75. The zero-order chi connectivity index (χ0) is 16.3. The standard InChI is InChI=1S/C18H21F3N2/c19-18(20,21)14-23-12-10-22(11-13-23)9-8-16-6-3-5-15-4-1-2-7-17(15)16/h1-7H,8-14H2. The maximum atomic E-state index is 12.4. The van der Waals surface area contributed by atoms with Crippen LogP contribution in [0.15, 0.2) is 42.5 Å². The summed E-state index contributed by atoms with van der Waals surface area (Å²) in [5, 5.41) is 2.51. The van der Waals surface area contributed by atoms with Gasteiger partial charge in [0.15, 0.2) is 0 Å². The number of alkyl halides is 3. The number of rotatable bonds is 4. The fraction of sp³-hybridized carbons (Fsp3) is 0.444. The first kappa shape index (κ1) is 16.3. The molecule has 3 rings (SSSR count). The summed E-state index contributed by atoms with van der Waals surface area (Å²) in [5.41, 5.74) is 1.31. The van der Waals surface area contributed by atoms with Crippen molar-refractivity contribution in [3.05, 3.63) is 48.0 Å². The number of hydrogen-bond donors (Lipinski definition) is 0. The summed E-state index contributed by atoms with van der Waals surface area (Å²) in [7, 11) is 0. The Morgan fingerprint density at radius 3 is 2.22 bits per heavy atom. The van der Waals surface area contributed by atoms with Crippen LogP contribution < -0.4 is 0 Å². The molecule has 1 heterocycles. The van der Waals surface area contributed by atoms with Crippen LogP contribution in [0.1, 0.15) is 5.56 Å². The van der Waals surface area contributed by atoms with Crippen LogP contribution >= 0.6 is 0 Å². The Balaban J connectivity index is 1.53. The van der Waals surface area contributed by atoms with Crippen molar-refractivity contribution in [2.75, 3.05) is 39.3 Å². The number of fused-ring (bicyclic) bond motifs is 1. The van der Waals surface area contributed by atoms with E-state index in [1.54, 1.807) is 0 Å². The van der Waals surface area contributed by atoms with E-state index in [-0.39, 0.29) is 0 Å². The molecule has 0 atom stereocenters. The van der Waals surface area contributed by atoms with Gasteiger partial charge in [0.2, 0.25) is 0 Å². The molecule has 0 radical (unpaired) electrons. The highest BCUT2D eigenvalue weighted by atomic mass is 19.4. The fourth-order valence-corrected chi connectivity index (χ4v) is 3.21. The van der Waals surface area contributed by atoms with E-state index in [1.807, 2.05) is 12.1 Å². The maximum absolute atomic E-state index is 12.4. The fourth-order valence-electron chi connectivity index (χ4n) is 3.21. The van der Waals surface area contributed by atoms with Gasteiger partial charge in [0, 0.05) is 32.7 Å². The van der Waals surface area contributed by atoms with E-state index in [0.717, 1.165) is 13.0 Å². The molecular weight excluding hydrogens is 301 g/mol. The minimum Gasteiger partial charge on any atom is -0.300 e. The molecule has 0 bridgehead atoms. The summed E-state index contributed by atoms with van der Waals surface area (Å²) >= 11 is 0. The first-order valence-corrected chi connectivity index (χ1v) is 7.99. The topological polar surface area (TPSA) is 6.48 Å².